The van der Waals surface area contributed by atoms with Gasteiger partial charge >= 0.3 is 6.03 Å². The van der Waals surface area contributed by atoms with E-state index < -0.39 is 0 Å². The smallest absolute Gasteiger partial charge is 0.317 e. The van der Waals surface area contributed by atoms with Crippen LogP contribution in [0.3, 0.4) is 0 Å². The lowest BCUT2D eigenvalue weighted by Gasteiger charge is -2.31. The van der Waals surface area contributed by atoms with Crippen molar-refractivity contribution in [2.75, 3.05) is 19.6 Å². The van der Waals surface area contributed by atoms with Gasteiger partial charge in [0.15, 0.2) is 0 Å². The van der Waals surface area contributed by atoms with Crippen LogP contribution in [-0.2, 0) is 6.42 Å². The molecule has 0 atom stereocenters. The van der Waals surface area contributed by atoms with Crippen molar-refractivity contribution >= 4 is 38.5 Å². The maximum Gasteiger partial charge on any atom is 0.317 e. The number of carbonyl (C=O) groups excluding carboxylic acids is 1. The number of H-pyrrole nitrogens is 1. The molecule has 2 N–H and O–H groups in total. The number of hydrogen-bond donors (Lipinski definition) is 2. The first kappa shape index (κ1) is 18.2. The number of urea groups is 1. The summed E-state index contributed by atoms with van der Waals surface area (Å²) in [6.07, 6.45) is 2.76. The summed E-state index contributed by atoms with van der Waals surface area (Å²) in [4.78, 5) is 22.7. The number of nitrogens with zero attached hydrogens (tertiary/aromatic N) is 2. The predicted molar refractivity (Wildman–Crippen MR) is 119 cm³/mol. The number of para-hydroxylation sites is 2. The number of thiophene rings is 1. The van der Waals surface area contributed by atoms with Gasteiger partial charge in [0.1, 0.15) is 5.82 Å². The highest BCUT2D eigenvalue weighted by atomic mass is 32.1. The number of aromatic nitrogens is 2. The molecule has 4 aromatic rings. The third-order valence-corrected chi connectivity index (χ3v) is 6.82. The second kappa shape index (κ2) is 7.87. The first-order chi connectivity index (χ1) is 14.3. The molecule has 1 aliphatic heterocycles. The van der Waals surface area contributed by atoms with Gasteiger partial charge in [0.25, 0.3) is 0 Å². The molecule has 0 bridgehead atoms. The minimum absolute atomic E-state index is 0.0487. The van der Waals surface area contributed by atoms with Gasteiger partial charge in [0.05, 0.1) is 11.0 Å². The molecule has 148 valence electrons. The summed E-state index contributed by atoms with van der Waals surface area (Å²) in [6.45, 7) is 2.22. The normalized spacial score (nSPS) is 15.2. The maximum atomic E-state index is 12.6. The fraction of sp³-hybridized carbons (Fsp3) is 0.304. The van der Waals surface area contributed by atoms with Gasteiger partial charge in [0.2, 0.25) is 0 Å². The van der Waals surface area contributed by atoms with Gasteiger partial charge in [-0.15, -0.1) is 11.3 Å². The molecule has 3 heterocycles. The van der Waals surface area contributed by atoms with Crippen LogP contribution in [0.2, 0.25) is 0 Å². The van der Waals surface area contributed by atoms with Gasteiger partial charge in [-0.1, -0.05) is 30.3 Å². The fourth-order valence-electron chi connectivity index (χ4n) is 4.16. The SMILES string of the molecule is O=C(NCCc1csc2ccccc12)N1CCC(c2nc3ccccc3[nH]2)CC1. The highest BCUT2D eigenvalue weighted by molar-refractivity contribution is 7.17. The Morgan fingerprint density at radius 1 is 1.14 bits per heavy atom. The van der Waals surface area contributed by atoms with E-state index in [0.717, 1.165) is 49.2 Å². The second-order valence-electron chi connectivity index (χ2n) is 7.64. The maximum absolute atomic E-state index is 12.6. The van der Waals surface area contributed by atoms with Crippen LogP contribution < -0.4 is 5.32 Å². The molecule has 1 aliphatic rings. The third-order valence-electron chi connectivity index (χ3n) is 5.81. The molecule has 29 heavy (non-hydrogen) atoms. The summed E-state index contributed by atoms with van der Waals surface area (Å²) in [5, 5.41) is 6.61. The Bertz CT molecular complexity index is 1110. The van der Waals surface area contributed by atoms with Crippen LogP contribution in [0.25, 0.3) is 21.1 Å². The van der Waals surface area contributed by atoms with Crippen molar-refractivity contribution < 1.29 is 4.79 Å². The fourth-order valence-corrected chi connectivity index (χ4v) is 5.16. The van der Waals surface area contributed by atoms with E-state index in [2.05, 4.69) is 46.0 Å². The number of carbonyl (C=O) groups is 1. The summed E-state index contributed by atoms with van der Waals surface area (Å²) < 4.78 is 1.31. The molecule has 0 aliphatic carbocycles. The first-order valence-electron chi connectivity index (χ1n) is 10.2. The lowest BCUT2D eigenvalue weighted by Crippen LogP contribution is -2.44. The molecule has 2 aromatic carbocycles. The summed E-state index contributed by atoms with van der Waals surface area (Å²) in [7, 11) is 0. The molecule has 6 heteroatoms. The van der Waals surface area contributed by atoms with E-state index in [1.807, 2.05) is 23.1 Å². The van der Waals surface area contributed by atoms with Crippen LogP contribution in [0.5, 0.6) is 0 Å². The highest BCUT2D eigenvalue weighted by Gasteiger charge is 2.25. The minimum Gasteiger partial charge on any atom is -0.342 e. The van der Waals surface area contributed by atoms with Gasteiger partial charge in [-0.25, -0.2) is 9.78 Å². The van der Waals surface area contributed by atoms with Crippen LogP contribution in [0.15, 0.2) is 53.9 Å². The molecule has 2 amide bonds. The van der Waals surface area contributed by atoms with Crippen molar-refractivity contribution in [1.82, 2.24) is 20.2 Å². The quantitative estimate of drug-likeness (QED) is 0.508. The number of amides is 2. The Kier molecular flexibility index (Phi) is 4.94. The van der Waals surface area contributed by atoms with E-state index in [1.165, 1.54) is 15.6 Å². The zero-order chi connectivity index (χ0) is 19.6. The Labute approximate surface area is 173 Å². The largest absolute Gasteiger partial charge is 0.342 e. The Balaban J connectivity index is 1.13. The molecule has 1 fully saturated rings. The third kappa shape index (κ3) is 3.72. The van der Waals surface area contributed by atoms with Crippen LogP contribution in [-0.4, -0.2) is 40.5 Å². The average molecular weight is 405 g/mol. The van der Waals surface area contributed by atoms with Gasteiger partial charge in [0, 0.05) is 30.3 Å². The summed E-state index contributed by atoms with van der Waals surface area (Å²) >= 11 is 1.77. The average Bonchev–Trinajstić information content (AvgIpc) is 3.38. The molecule has 5 nitrogen and oxygen atoms in total. The van der Waals surface area contributed by atoms with Crippen LogP contribution in [0, 0.1) is 0 Å². The van der Waals surface area contributed by atoms with Crippen molar-refractivity contribution in [2.24, 2.45) is 0 Å². The van der Waals surface area contributed by atoms with Gasteiger partial charge in [-0.3, -0.25) is 0 Å². The van der Waals surface area contributed by atoms with Crippen LogP contribution in [0.1, 0.15) is 30.1 Å². The standard InChI is InChI=1S/C23H24N4OS/c28-23(24-12-9-17-15-29-21-8-4-1-5-18(17)21)27-13-10-16(11-14-27)22-25-19-6-2-3-7-20(19)26-22/h1-8,15-16H,9-14H2,(H,24,28)(H,25,26). The summed E-state index contributed by atoms with van der Waals surface area (Å²) in [6, 6.07) is 16.6. The Morgan fingerprint density at radius 2 is 1.93 bits per heavy atom. The lowest BCUT2D eigenvalue weighted by atomic mass is 9.96. The number of nitrogens with one attached hydrogen (secondary N) is 2. The predicted octanol–water partition coefficient (Wildman–Crippen LogP) is 4.91. The number of imidazole rings is 1. The van der Waals surface area contributed by atoms with Crippen molar-refractivity contribution in [2.45, 2.75) is 25.2 Å². The lowest BCUT2D eigenvalue weighted by molar-refractivity contribution is 0.180. The number of piperidine rings is 1. The molecule has 5 rings (SSSR count). The molecule has 0 radical (unpaired) electrons. The van der Waals surface area contributed by atoms with Crippen LogP contribution >= 0.6 is 11.3 Å². The van der Waals surface area contributed by atoms with Gasteiger partial charge in [-0.2, -0.15) is 0 Å². The molecular weight excluding hydrogens is 380 g/mol. The van der Waals surface area contributed by atoms with Crippen LogP contribution in [0.4, 0.5) is 4.79 Å². The van der Waals surface area contributed by atoms with E-state index in [0.29, 0.717) is 12.5 Å². The number of hydrogen-bond acceptors (Lipinski definition) is 3. The minimum atomic E-state index is 0.0487. The zero-order valence-electron chi connectivity index (χ0n) is 16.2. The molecule has 2 aromatic heterocycles. The number of benzene rings is 2. The topological polar surface area (TPSA) is 61.0 Å². The van der Waals surface area contributed by atoms with Crippen molar-refractivity contribution in [3.63, 3.8) is 0 Å². The zero-order valence-corrected chi connectivity index (χ0v) is 17.0. The van der Waals surface area contributed by atoms with Gasteiger partial charge in [-0.05, 0) is 53.8 Å². The van der Waals surface area contributed by atoms with E-state index in [9.17, 15) is 4.79 Å². The molecule has 0 spiro atoms. The number of rotatable bonds is 4. The molecular formula is C23H24N4OS. The van der Waals surface area contributed by atoms with Crippen molar-refractivity contribution in [1.29, 1.82) is 0 Å². The Hall–Kier alpha value is -2.86. The molecule has 1 saturated heterocycles. The van der Waals surface area contributed by atoms with E-state index in [1.54, 1.807) is 11.3 Å². The van der Waals surface area contributed by atoms with Crippen molar-refractivity contribution in [3.8, 4) is 0 Å². The second-order valence-corrected chi connectivity index (χ2v) is 8.55. The summed E-state index contributed by atoms with van der Waals surface area (Å²) in [5.41, 5.74) is 3.42. The van der Waals surface area contributed by atoms with Gasteiger partial charge < -0.3 is 15.2 Å². The van der Waals surface area contributed by atoms with E-state index in [4.69, 9.17) is 4.98 Å². The number of likely N-dealkylation sites (tertiary alicyclic amines) is 1. The monoisotopic (exact) mass is 404 g/mol. The number of aromatic amines is 1. The molecule has 0 unspecified atom stereocenters. The van der Waals surface area contributed by atoms with Crippen molar-refractivity contribution in [3.05, 3.63) is 65.3 Å². The first-order valence-corrected chi connectivity index (χ1v) is 11.1. The Morgan fingerprint density at radius 3 is 2.79 bits per heavy atom. The van der Waals surface area contributed by atoms with E-state index in [-0.39, 0.29) is 6.03 Å². The number of fused-ring (bicyclic) bond motifs is 2. The van der Waals surface area contributed by atoms with E-state index >= 15 is 0 Å². The highest BCUT2D eigenvalue weighted by Crippen LogP contribution is 2.28. The summed E-state index contributed by atoms with van der Waals surface area (Å²) in [5.74, 6) is 1.44. The molecule has 0 saturated carbocycles.